The van der Waals surface area contributed by atoms with Crippen LogP contribution < -0.4 is 10.1 Å². The van der Waals surface area contributed by atoms with Gasteiger partial charge in [-0.2, -0.15) is 0 Å². The maximum atomic E-state index is 11.9. The van der Waals surface area contributed by atoms with Gasteiger partial charge in [0.15, 0.2) is 11.2 Å². The predicted octanol–water partition coefficient (Wildman–Crippen LogP) is 5.01. The summed E-state index contributed by atoms with van der Waals surface area (Å²) in [5.41, 5.74) is 0. The summed E-state index contributed by atoms with van der Waals surface area (Å²) in [7, 11) is 0. The Balaban J connectivity index is 1.53. The van der Waals surface area contributed by atoms with Crippen molar-refractivity contribution in [1.29, 1.82) is 0 Å². The van der Waals surface area contributed by atoms with Crippen molar-refractivity contribution in [2.24, 2.45) is 0 Å². The van der Waals surface area contributed by atoms with Gasteiger partial charge < -0.3 is 14.5 Å². The molecule has 1 amide bonds. The number of aromatic nitrogens is 3. The van der Waals surface area contributed by atoms with Crippen molar-refractivity contribution in [3.8, 4) is 5.75 Å². The number of hydrogen-bond acceptors (Lipinski definition) is 8. The van der Waals surface area contributed by atoms with Crippen LogP contribution in [0.1, 0.15) is 23.8 Å². The van der Waals surface area contributed by atoms with E-state index >= 15 is 0 Å². The number of nitrogens with one attached hydrogen (secondary N) is 1. The molecular formula is C16H14Cl2N4O3S2. The highest BCUT2D eigenvalue weighted by Gasteiger charge is 2.18. The van der Waals surface area contributed by atoms with Crippen molar-refractivity contribution in [2.75, 3.05) is 11.1 Å². The number of aryl methyl sites for hydroxylation is 1. The van der Waals surface area contributed by atoms with Crippen LogP contribution in [0.5, 0.6) is 5.75 Å². The number of carbonyl (C=O) groups is 1. The lowest BCUT2D eigenvalue weighted by Crippen LogP contribution is -2.13. The lowest BCUT2D eigenvalue weighted by atomic mass is 10.3. The Labute approximate surface area is 173 Å². The second kappa shape index (κ2) is 8.92. The maximum Gasteiger partial charge on any atom is 0.277 e. The fourth-order valence-corrected chi connectivity index (χ4v) is 3.65. The molecule has 1 aromatic carbocycles. The molecule has 0 aliphatic carbocycles. The molecule has 0 fully saturated rings. The molecule has 0 spiro atoms. The van der Waals surface area contributed by atoms with Crippen LogP contribution in [0.15, 0.2) is 34.0 Å². The van der Waals surface area contributed by atoms with Gasteiger partial charge in [-0.05, 0) is 32.0 Å². The zero-order chi connectivity index (χ0) is 19.4. The number of thioether (sulfide) groups is 1. The maximum absolute atomic E-state index is 11.9. The molecule has 1 N–H and O–H groups in total. The fraction of sp³-hybridized carbons (Fsp3) is 0.250. The summed E-state index contributed by atoms with van der Waals surface area (Å²) in [4.78, 5) is 17.0. The Morgan fingerprint density at radius 1 is 1.41 bits per heavy atom. The molecule has 0 saturated heterocycles. The summed E-state index contributed by atoms with van der Waals surface area (Å²) < 4.78 is 11.3. The highest BCUT2D eigenvalue weighted by Crippen LogP contribution is 2.31. The van der Waals surface area contributed by atoms with Gasteiger partial charge in [0.1, 0.15) is 5.75 Å². The third-order valence-corrected chi connectivity index (χ3v) is 5.34. The largest absolute Gasteiger partial charge is 0.479 e. The van der Waals surface area contributed by atoms with E-state index in [1.165, 1.54) is 11.3 Å². The zero-order valence-corrected chi connectivity index (χ0v) is 17.4. The number of benzene rings is 1. The zero-order valence-electron chi connectivity index (χ0n) is 14.2. The lowest BCUT2D eigenvalue weighted by Gasteiger charge is -2.12. The van der Waals surface area contributed by atoms with E-state index in [1.54, 1.807) is 31.3 Å². The van der Waals surface area contributed by atoms with E-state index in [2.05, 4.69) is 20.5 Å². The van der Waals surface area contributed by atoms with E-state index in [0.29, 0.717) is 20.9 Å². The highest BCUT2D eigenvalue weighted by molar-refractivity contribution is 7.99. The summed E-state index contributed by atoms with van der Waals surface area (Å²) in [6.07, 6.45) is 1.18. The van der Waals surface area contributed by atoms with Gasteiger partial charge in [-0.15, -0.1) is 21.5 Å². The van der Waals surface area contributed by atoms with Crippen molar-refractivity contribution in [3.63, 3.8) is 0 Å². The average Bonchev–Trinajstić information content (AvgIpc) is 3.24. The topological polar surface area (TPSA) is 90.1 Å². The third-order valence-electron chi connectivity index (χ3n) is 3.16. The SMILES string of the molecule is Cc1cnc(NC(=O)CSc2nnc([C@@H](C)Oc3ccc(Cl)cc3Cl)o2)s1. The van der Waals surface area contributed by atoms with Gasteiger partial charge in [-0.1, -0.05) is 35.0 Å². The Kier molecular flexibility index (Phi) is 6.59. The summed E-state index contributed by atoms with van der Waals surface area (Å²) in [5, 5.41) is 12.3. The number of nitrogens with zero attached hydrogens (tertiary/aromatic N) is 3. The van der Waals surface area contributed by atoms with Gasteiger partial charge in [0.2, 0.25) is 5.91 Å². The summed E-state index contributed by atoms with van der Waals surface area (Å²) >= 11 is 14.5. The van der Waals surface area contributed by atoms with Gasteiger partial charge in [-0.3, -0.25) is 4.79 Å². The van der Waals surface area contributed by atoms with Crippen LogP contribution in [-0.2, 0) is 4.79 Å². The van der Waals surface area contributed by atoms with Crippen LogP contribution in [0.3, 0.4) is 0 Å². The number of halogens is 2. The molecular weight excluding hydrogens is 431 g/mol. The summed E-state index contributed by atoms with van der Waals surface area (Å²) in [6.45, 7) is 3.67. The van der Waals surface area contributed by atoms with Gasteiger partial charge in [0.25, 0.3) is 11.1 Å². The molecule has 7 nitrogen and oxygen atoms in total. The van der Waals surface area contributed by atoms with E-state index in [0.717, 1.165) is 16.6 Å². The quantitative estimate of drug-likeness (QED) is 0.511. The summed E-state index contributed by atoms with van der Waals surface area (Å²) in [6, 6.07) is 4.92. The lowest BCUT2D eigenvalue weighted by molar-refractivity contribution is -0.113. The highest BCUT2D eigenvalue weighted by atomic mass is 35.5. The molecule has 3 aromatic rings. The molecule has 2 heterocycles. The molecule has 1 atom stereocenters. The first kappa shape index (κ1) is 19.9. The molecule has 27 heavy (non-hydrogen) atoms. The Morgan fingerprint density at radius 2 is 2.22 bits per heavy atom. The first-order valence-corrected chi connectivity index (χ1v) is 10.3. The Hall–Kier alpha value is -1.81. The number of carbonyl (C=O) groups excluding carboxylic acids is 1. The van der Waals surface area contributed by atoms with Crippen LogP contribution in [0.2, 0.25) is 10.0 Å². The number of ether oxygens (including phenoxy) is 1. The van der Waals surface area contributed by atoms with Gasteiger partial charge in [0, 0.05) is 16.1 Å². The second-order valence-electron chi connectivity index (χ2n) is 5.35. The van der Waals surface area contributed by atoms with Gasteiger partial charge >= 0.3 is 0 Å². The smallest absolute Gasteiger partial charge is 0.277 e. The van der Waals surface area contributed by atoms with Crippen molar-refractivity contribution >= 4 is 57.3 Å². The Morgan fingerprint density at radius 3 is 2.93 bits per heavy atom. The molecule has 0 saturated carbocycles. The van der Waals surface area contributed by atoms with Crippen molar-refractivity contribution in [3.05, 3.63) is 45.2 Å². The predicted molar refractivity (Wildman–Crippen MR) is 106 cm³/mol. The molecule has 142 valence electrons. The van der Waals surface area contributed by atoms with Crippen molar-refractivity contribution in [1.82, 2.24) is 15.2 Å². The number of amides is 1. The van der Waals surface area contributed by atoms with Gasteiger partial charge in [0.05, 0.1) is 10.8 Å². The number of anilines is 1. The minimum Gasteiger partial charge on any atom is -0.479 e. The molecule has 0 aliphatic rings. The molecule has 0 aliphatic heterocycles. The normalized spacial score (nSPS) is 12.0. The molecule has 0 radical (unpaired) electrons. The molecule has 11 heteroatoms. The van der Waals surface area contributed by atoms with Crippen LogP contribution >= 0.6 is 46.3 Å². The van der Waals surface area contributed by atoms with Crippen LogP contribution in [0.4, 0.5) is 5.13 Å². The van der Waals surface area contributed by atoms with Crippen LogP contribution in [0, 0.1) is 6.92 Å². The monoisotopic (exact) mass is 444 g/mol. The third kappa shape index (κ3) is 5.58. The van der Waals surface area contributed by atoms with E-state index in [-0.39, 0.29) is 22.8 Å². The first-order valence-electron chi connectivity index (χ1n) is 7.71. The van der Waals surface area contributed by atoms with Gasteiger partial charge in [-0.25, -0.2) is 4.98 Å². The molecule has 2 aromatic heterocycles. The number of thiazole rings is 1. The van der Waals surface area contributed by atoms with E-state index in [4.69, 9.17) is 32.4 Å². The van der Waals surface area contributed by atoms with Crippen molar-refractivity contribution in [2.45, 2.75) is 25.2 Å². The molecule has 3 rings (SSSR count). The van der Waals surface area contributed by atoms with Crippen LogP contribution in [0.25, 0.3) is 0 Å². The molecule has 0 bridgehead atoms. The van der Waals surface area contributed by atoms with Crippen LogP contribution in [-0.4, -0.2) is 26.8 Å². The minimum atomic E-state index is -0.516. The summed E-state index contributed by atoms with van der Waals surface area (Å²) in [5.74, 6) is 0.656. The minimum absolute atomic E-state index is 0.124. The standard InChI is InChI=1S/C16H14Cl2N4O3S2/c1-8-6-19-15(27-8)20-13(23)7-26-16-22-21-14(25-16)9(2)24-12-4-3-10(17)5-11(12)18/h3-6,9H,7H2,1-2H3,(H,19,20,23)/t9-/m1/s1. The van der Waals surface area contributed by atoms with E-state index in [9.17, 15) is 4.79 Å². The average molecular weight is 445 g/mol. The van der Waals surface area contributed by atoms with E-state index < -0.39 is 6.10 Å². The second-order valence-corrected chi connectivity index (χ2v) is 8.36. The first-order chi connectivity index (χ1) is 12.9. The molecule has 0 unspecified atom stereocenters. The number of rotatable bonds is 7. The number of hydrogen-bond donors (Lipinski definition) is 1. The van der Waals surface area contributed by atoms with E-state index in [1.807, 2.05) is 6.92 Å². The van der Waals surface area contributed by atoms with Crippen molar-refractivity contribution < 1.29 is 13.9 Å². The Bertz CT molecular complexity index is 947. The fourth-order valence-electron chi connectivity index (χ4n) is 1.95.